The standard InChI is InChI=1S/C25H24O2/c1-3-19(2)21-15-12-20(13-16-21)14-17-25(26)22-8-7-11-24(18-22)27-23-9-5-4-6-10-23/h4-19H,3H2,1-2H3. The third kappa shape index (κ3) is 5.18. The maximum absolute atomic E-state index is 12.5. The first-order valence-electron chi connectivity index (χ1n) is 9.31. The number of benzene rings is 3. The zero-order valence-corrected chi connectivity index (χ0v) is 15.8. The first-order chi connectivity index (χ1) is 13.2. The van der Waals surface area contributed by atoms with E-state index in [2.05, 4.69) is 38.1 Å². The molecule has 0 radical (unpaired) electrons. The Hall–Kier alpha value is -3.13. The first kappa shape index (κ1) is 18.7. The normalized spacial score (nSPS) is 12.1. The topological polar surface area (TPSA) is 26.3 Å². The predicted octanol–water partition coefficient (Wildman–Crippen LogP) is 6.89. The second-order valence-corrected chi connectivity index (χ2v) is 6.62. The molecule has 1 unspecified atom stereocenters. The van der Waals surface area contributed by atoms with Crippen molar-refractivity contribution in [3.63, 3.8) is 0 Å². The van der Waals surface area contributed by atoms with Crippen LogP contribution in [0.2, 0.25) is 0 Å². The molecule has 0 N–H and O–H groups in total. The molecule has 0 heterocycles. The highest BCUT2D eigenvalue weighted by atomic mass is 16.5. The summed E-state index contributed by atoms with van der Waals surface area (Å²) >= 11 is 0. The van der Waals surface area contributed by atoms with E-state index in [1.165, 1.54) is 5.56 Å². The van der Waals surface area contributed by atoms with Gasteiger partial charge in [0.1, 0.15) is 11.5 Å². The van der Waals surface area contributed by atoms with Gasteiger partial charge in [-0.2, -0.15) is 0 Å². The molecule has 0 fully saturated rings. The average Bonchev–Trinajstić information content (AvgIpc) is 2.72. The van der Waals surface area contributed by atoms with Crippen molar-refractivity contribution in [2.24, 2.45) is 0 Å². The molecule has 3 aromatic rings. The van der Waals surface area contributed by atoms with Crippen LogP contribution in [0.4, 0.5) is 0 Å². The highest BCUT2D eigenvalue weighted by Gasteiger charge is 2.05. The maximum atomic E-state index is 12.5. The molecule has 0 aromatic heterocycles. The zero-order chi connectivity index (χ0) is 19.1. The van der Waals surface area contributed by atoms with Crippen molar-refractivity contribution in [2.45, 2.75) is 26.2 Å². The van der Waals surface area contributed by atoms with Gasteiger partial charge in [0.2, 0.25) is 0 Å². The molecule has 0 saturated heterocycles. The van der Waals surface area contributed by atoms with Crippen molar-refractivity contribution in [2.75, 3.05) is 0 Å². The summed E-state index contributed by atoms with van der Waals surface area (Å²) in [5.41, 5.74) is 2.95. The molecule has 0 aliphatic carbocycles. The van der Waals surface area contributed by atoms with Crippen LogP contribution in [0.15, 0.2) is 84.9 Å². The van der Waals surface area contributed by atoms with Gasteiger partial charge in [0.25, 0.3) is 0 Å². The van der Waals surface area contributed by atoms with Gasteiger partial charge in [-0.05, 0) is 53.8 Å². The Labute approximate surface area is 161 Å². The predicted molar refractivity (Wildman–Crippen MR) is 111 cm³/mol. The number of hydrogen-bond donors (Lipinski definition) is 0. The molecule has 2 heteroatoms. The maximum Gasteiger partial charge on any atom is 0.185 e. The van der Waals surface area contributed by atoms with E-state index < -0.39 is 0 Å². The van der Waals surface area contributed by atoms with Crippen LogP contribution < -0.4 is 4.74 Å². The minimum Gasteiger partial charge on any atom is -0.457 e. The lowest BCUT2D eigenvalue weighted by molar-refractivity contribution is 0.104. The van der Waals surface area contributed by atoms with Crippen LogP contribution in [0.5, 0.6) is 11.5 Å². The number of hydrogen-bond acceptors (Lipinski definition) is 2. The van der Waals surface area contributed by atoms with Crippen LogP contribution in [0.3, 0.4) is 0 Å². The lowest BCUT2D eigenvalue weighted by atomic mass is 9.97. The van der Waals surface area contributed by atoms with Crippen LogP contribution in [0.25, 0.3) is 6.08 Å². The van der Waals surface area contributed by atoms with Gasteiger partial charge >= 0.3 is 0 Å². The van der Waals surface area contributed by atoms with Crippen LogP contribution >= 0.6 is 0 Å². The fourth-order valence-electron chi connectivity index (χ4n) is 2.78. The molecule has 0 aliphatic rings. The van der Waals surface area contributed by atoms with E-state index in [4.69, 9.17) is 4.74 Å². The third-order valence-corrected chi connectivity index (χ3v) is 4.64. The average molecular weight is 356 g/mol. The van der Waals surface area contributed by atoms with Gasteiger partial charge in [0.05, 0.1) is 0 Å². The summed E-state index contributed by atoms with van der Waals surface area (Å²) in [5.74, 6) is 1.91. The number of ketones is 1. The highest BCUT2D eigenvalue weighted by Crippen LogP contribution is 2.22. The molecular formula is C25H24O2. The Bertz CT molecular complexity index is 909. The number of para-hydroxylation sites is 1. The van der Waals surface area contributed by atoms with Gasteiger partial charge in [-0.3, -0.25) is 4.79 Å². The largest absolute Gasteiger partial charge is 0.457 e. The highest BCUT2D eigenvalue weighted by molar-refractivity contribution is 6.07. The Morgan fingerprint density at radius 3 is 2.33 bits per heavy atom. The van der Waals surface area contributed by atoms with Crippen molar-refractivity contribution >= 4 is 11.9 Å². The van der Waals surface area contributed by atoms with Gasteiger partial charge in [0, 0.05) is 5.56 Å². The molecule has 0 amide bonds. The minimum absolute atomic E-state index is 0.0421. The first-order valence-corrected chi connectivity index (χ1v) is 9.31. The smallest absolute Gasteiger partial charge is 0.185 e. The third-order valence-electron chi connectivity index (χ3n) is 4.64. The fourth-order valence-corrected chi connectivity index (χ4v) is 2.78. The summed E-state index contributed by atoms with van der Waals surface area (Å²) in [6.45, 7) is 4.41. The Morgan fingerprint density at radius 1 is 0.926 bits per heavy atom. The minimum atomic E-state index is -0.0421. The Balaban J connectivity index is 1.68. The summed E-state index contributed by atoms with van der Waals surface area (Å²) in [6, 6.07) is 25.2. The van der Waals surface area contributed by atoms with E-state index in [1.807, 2.05) is 48.5 Å². The van der Waals surface area contributed by atoms with E-state index in [1.54, 1.807) is 18.2 Å². The van der Waals surface area contributed by atoms with Crippen molar-refractivity contribution in [1.82, 2.24) is 0 Å². The van der Waals surface area contributed by atoms with Gasteiger partial charge < -0.3 is 4.74 Å². The van der Waals surface area contributed by atoms with Crippen LogP contribution in [-0.4, -0.2) is 5.78 Å². The zero-order valence-electron chi connectivity index (χ0n) is 15.8. The second-order valence-electron chi connectivity index (χ2n) is 6.62. The van der Waals surface area contributed by atoms with Gasteiger partial charge in [-0.15, -0.1) is 0 Å². The lowest BCUT2D eigenvalue weighted by Gasteiger charge is -2.08. The van der Waals surface area contributed by atoms with E-state index in [0.717, 1.165) is 17.7 Å². The summed E-state index contributed by atoms with van der Waals surface area (Å²) in [7, 11) is 0. The molecule has 3 rings (SSSR count). The number of allylic oxidation sites excluding steroid dienone is 1. The van der Waals surface area contributed by atoms with E-state index in [9.17, 15) is 4.79 Å². The van der Waals surface area contributed by atoms with Crippen LogP contribution in [-0.2, 0) is 0 Å². The molecule has 3 aromatic carbocycles. The monoisotopic (exact) mass is 356 g/mol. The SMILES string of the molecule is CCC(C)c1ccc(C=CC(=O)c2cccc(Oc3ccccc3)c2)cc1. The van der Waals surface area contributed by atoms with Crippen LogP contribution in [0.1, 0.15) is 47.7 Å². The van der Waals surface area contributed by atoms with Crippen LogP contribution in [0, 0.1) is 0 Å². The summed E-state index contributed by atoms with van der Waals surface area (Å²) in [6.07, 6.45) is 4.59. The van der Waals surface area contributed by atoms with Gasteiger partial charge in [-0.1, -0.05) is 74.5 Å². The number of carbonyl (C=O) groups excluding carboxylic acids is 1. The molecule has 0 saturated carbocycles. The van der Waals surface area contributed by atoms with Crippen molar-refractivity contribution in [3.8, 4) is 11.5 Å². The molecule has 1 atom stereocenters. The van der Waals surface area contributed by atoms with E-state index in [-0.39, 0.29) is 5.78 Å². The summed E-state index contributed by atoms with van der Waals surface area (Å²) in [4.78, 5) is 12.5. The molecule has 27 heavy (non-hydrogen) atoms. The Morgan fingerprint density at radius 2 is 1.63 bits per heavy atom. The molecule has 2 nitrogen and oxygen atoms in total. The van der Waals surface area contributed by atoms with E-state index in [0.29, 0.717) is 17.2 Å². The molecule has 0 aliphatic heterocycles. The summed E-state index contributed by atoms with van der Waals surface area (Å²) < 4.78 is 5.80. The summed E-state index contributed by atoms with van der Waals surface area (Å²) in [5, 5.41) is 0. The van der Waals surface area contributed by atoms with Gasteiger partial charge in [0.15, 0.2) is 5.78 Å². The van der Waals surface area contributed by atoms with Crippen molar-refractivity contribution in [1.29, 1.82) is 0 Å². The number of ether oxygens (including phenoxy) is 1. The Kier molecular flexibility index (Phi) is 6.22. The lowest BCUT2D eigenvalue weighted by Crippen LogP contribution is -1.95. The molecule has 0 bridgehead atoms. The quantitative estimate of drug-likeness (QED) is 0.340. The molecular weight excluding hydrogens is 332 g/mol. The van der Waals surface area contributed by atoms with Crippen molar-refractivity contribution < 1.29 is 9.53 Å². The second kappa shape index (κ2) is 9.00. The fraction of sp³-hybridized carbons (Fsp3) is 0.160. The molecule has 0 spiro atoms. The van der Waals surface area contributed by atoms with Gasteiger partial charge in [-0.25, -0.2) is 0 Å². The number of rotatable bonds is 7. The van der Waals surface area contributed by atoms with Crippen molar-refractivity contribution in [3.05, 3.63) is 102 Å². The van der Waals surface area contributed by atoms with E-state index >= 15 is 0 Å². The number of carbonyl (C=O) groups is 1. The molecule has 136 valence electrons.